The van der Waals surface area contributed by atoms with Crippen molar-refractivity contribution in [2.75, 3.05) is 36.0 Å². The Labute approximate surface area is 177 Å². The molecule has 4 aromatic rings. The third-order valence-corrected chi connectivity index (χ3v) is 7.93. The first-order chi connectivity index (χ1) is 13.5. The van der Waals surface area contributed by atoms with Crippen LogP contribution in [0.5, 0.6) is 0 Å². The lowest BCUT2D eigenvalue weighted by Crippen LogP contribution is -2.46. The number of aromatic nitrogens is 2. The topological polar surface area (TPSA) is 32.3 Å². The Morgan fingerprint density at radius 2 is 1.43 bits per heavy atom. The molecule has 5 rings (SSSR count). The van der Waals surface area contributed by atoms with E-state index in [9.17, 15) is 0 Å². The van der Waals surface area contributed by atoms with E-state index in [4.69, 9.17) is 21.6 Å². The summed E-state index contributed by atoms with van der Waals surface area (Å²) in [5, 5.41) is 3.02. The fourth-order valence-electron chi connectivity index (χ4n) is 3.81. The molecule has 0 bridgehead atoms. The predicted molar refractivity (Wildman–Crippen MR) is 123 cm³/mol. The summed E-state index contributed by atoms with van der Waals surface area (Å²) in [7, 11) is 0. The highest BCUT2D eigenvalue weighted by Gasteiger charge is 2.23. The summed E-state index contributed by atoms with van der Waals surface area (Å²) in [5.41, 5.74) is 5.81. The van der Waals surface area contributed by atoms with Gasteiger partial charge in [0.05, 0.1) is 20.4 Å². The monoisotopic (exact) mass is 428 g/mol. The Morgan fingerprint density at radius 3 is 2.11 bits per heavy atom. The maximum atomic E-state index is 6.26. The molecule has 2 aromatic heterocycles. The van der Waals surface area contributed by atoms with Gasteiger partial charge in [-0.25, -0.2) is 9.97 Å². The Kier molecular flexibility index (Phi) is 4.45. The van der Waals surface area contributed by atoms with Crippen molar-refractivity contribution in [1.82, 2.24) is 9.97 Å². The highest BCUT2D eigenvalue weighted by Crippen LogP contribution is 2.35. The second-order valence-electron chi connectivity index (χ2n) is 7.41. The molecule has 7 heteroatoms. The molecule has 1 fully saturated rings. The Balaban J connectivity index is 1.36. The van der Waals surface area contributed by atoms with E-state index in [1.54, 1.807) is 22.7 Å². The molecular weight excluding hydrogens is 408 g/mol. The normalized spacial score (nSPS) is 15.1. The number of anilines is 2. The van der Waals surface area contributed by atoms with Crippen molar-refractivity contribution >= 4 is 65.0 Å². The van der Waals surface area contributed by atoms with Crippen LogP contribution < -0.4 is 9.80 Å². The zero-order chi connectivity index (χ0) is 19.4. The minimum atomic E-state index is 0.788. The molecule has 1 aliphatic heterocycles. The maximum Gasteiger partial charge on any atom is 0.186 e. The van der Waals surface area contributed by atoms with Gasteiger partial charge in [-0.15, -0.1) is 0 Å². The second kappa shape index (κ2) is 6.87. The molecule has 0 spiro atoms. The first kappa shape index (κ1) is 18.2. The molecule has 1 aliphatic rings. The summed E-state index contributed by atoms with van der Waals surface area (Å²) in [4.78, 5) is 14.6. The van der Waals surface area contributed by atoms with E-state index in [2.05, 4.69) is 41.8 Å². The molecule has 1 saturated heterocycles. The van der Waals surface area contributed by atoms with Crippen molar-refractivity contribution in [2.45, 2.75) is 20.8 Å². The summed E-state index contributed by atoms with van der Waals surface area (Å²) in [5.74, 6) is 0. The molecule has 0 aliphatic carbocycles. The lowest BCUT2D eigenvalue weighted by Gasteiger charge is -2.34. The van der Waals surface area contributed by atoms with Crippen molar-refractivity contribution in [3.8, 4) is 0 Å². The van der Waals surface area contributed by atoms with Crippen LogP contribution in [0.4, 0.5) is 10.3 Å². The second-order valence-corrected chi connectivity index (χ2v) is 9.84. The minimum Gasteiger partial charge on any atom is -0.345 e. The number of hydrogen-bond acceptors (Lipinski definition) is 6. The number of benzene rings is 2. The Morgan fingerprint density at radius 1 is 0.821 bits per heavy atom. The summed E-state index contributed by atoms with van der Waals surface area (Å²) in [6.07, 6.45) is 0. The van der Waals surface area contributed by atoms with Crippen LogP contribution in [0.25, 0.3) is 20.4 Å². The molecule has 0 saturated carbocycles. The Hall–Kier alpha value is -1.89. The standard InChI is InChI=1S/C21H21ClN4S2/c1-12-10-13(2)18-17(11-12)28-20(23-18)25-6-8-26(9-7-25)21-24-19-14(3)15(22)4-5-16(19)27-21/h4-5,10-11H,6-9H2,1-3H3. The number of halogens is 1. The minimum absolute atomic E-state index is 0.788. The molecule has 0 N–H and O–H groups in total. The highest BCUT2D eigenvalue weighted by molar-refractivity contribution is 7.22. The van der Waals surface area contributed by atoms with Crippen molar-refractivity contribution in [2.24, 2.45) is 0 Å². The van der Waals surface area contributed by atoms with Gasteiger partial charge >= 0.3 is 0 Å². The average Bonchev–Trinajstić information content (AvgIpc) is 3.30. The van der Waals surface area contributed by atoms with E-state index in [0.717, 1.165) is 58.1 Å². The van der Waals surface area contributed by atoms with Gasteiger partial charge < -0.3 is 9.80 Å². The fraction of sp³-hybridized carbons (Fsp3) is 0.333. The smallest absolute Gasteiger partial charge is 0.186 e. The van der Waals surface area contributed by atoms with Crippen molar-refractivity contribution in [1.29, 1.82) is 0 Å². The number of rotatable bonds is 2. The molecule has 28 heavy (non-hydrogen) atoms. The molecule has 2 aromatic carbocycles. The molecule has 144 valence electrons. The quantitative estimate of drug-likeness (QED) is 0.403. The largest absolute Gasteiger partial charge is 0.345 e. The molecule has 3 heterocycles. The predicted octanol–water partition coefficient (Wildman–Crippen LogP) is 5.81. The number of thiazole rings is 2. The van der Waals surface area contributed by atoms with Gasteiger partial charge in [-0.05, 0) is 55.7 Å². The average molecular weight is 429 g/mol. The lowest BCUT2D eigenvalue weighted by molar-refractivity contribution is 0.651. The van der Waals surface area contributed by atoms with Gasteiger partial charge in [0, 0.05) is 31.2 Å². The molecule has 0 unspecified atom stereocenters. The highest BCUT2D eigenvalue weighted by atomic mass is 35.5. The first-order valence-electron chi connectivity index (χ1n) is 9.43. The summed E-state index contributed by atoms with van der Waals surface area (Å²) in [6, 6.07) is 8.50. The van der Waals surface area contributed by atoms with Crippen molar-refractivity contribution in [3.63, 3.8) is 0 Å². The van der Waals surface area contributed by atoms with Crippen molar-refractivity contribution < 1.29 is 0 Å². The molecular formula is C21H21ClN4S2. The SMILES string of the molecule is Cc1cc(C)c2nc(N3CCN(c4nc5c(C)c(Cl)ccc5s4)CC3)sc2c1. The first-order valence-corrected chi connectivity index (χ1v) is 11.4. The third-order valence-electron chi connectivity index (χ3n) is 5.38. The van der Waals surface area contributed by atoms with Gasteiger partial charge in [0.25, 0.3) is 0 Å². The number of nitrogens with zero attached hydrogens (tertiary/aromatic N) is 4. The van der Waals surface area contributed by atoms with Crippen LogP contribution in [0.2, 0.25) is 5.02 Å². The van der Waals surface area contributed by atoms with E-state index in [1.807, 2.05) is 13.0 Å². The van der Waals surface area contributed by atoms with Gasteiger partial charge in [0.2, 0.25) is 0 Å². The van der Waals surface area contributed by atoms with E-state index in [-0.39, 0.29) is 0 Å². The van der Waals surface area contributed by atoms with Crippen LogP contribution in [0.1, 0.15) is 16.7 Å². The van der Waals surface area contributed by atoms with E-state index < -0.39 is 0 Å². The Bertz CT molecular complexity index is 1180. The van der Waals surface area contributed by atoms with Crippen LogP contribution >= 0.6 is 34.3 Å². The number of fused-ring (bicyclic) bond motifs is 2. The molecule has 0 radical (unpaired) electrons. The van der Waals surface area contributed by atoms with Crippen LogP contribution in [-0.2, 0) is 0 Å². The van der Waals surface area contributed by atoms with Crippen LogP contribution in [0.15, 0.2) is 24.3 Å². The zero-order valence-electron chi connectivity index (χ0n) is 16.1. The van der Waals surface area contributed by atoms with Gasteiger partial charge in [0.1, 0.15) is 0 Å². The van der Waals surface area contributed by atoms with E-state index >= 15 is 0 Å². The lowest BCUT2D eigenvalue weighted by atomic mass is 10.1. The fourth-order valence-corrected chi connectivity index (χ4v) is 6.23. The van der Waals surface area contributed by atoms with E-state index in [0.29, 0.717) is 0 Å². The van der Waals surface area contributed by atoms with Crippen LogP contribution in [-0.4, -0.2) is 36.1 Å². The number of hydrogen-bond donors (Lipinski definition) is 0. The molecule has 0 amide bonds. The number of piperazine rings is 1. The molecule has 4 nitrogen and oxygen atoms in total. The third kappa shape index (κ3) is 3.04. The summed E-state index contributed by atoms with van der Waals surface area (Å²) in [6.45, 7) is 10.2. The summed E-state index contributed by atoms with van der Waals surface area (Å²) >= 11 is 9.82. The van der Waals surface area contributed by atoms with Crippen LogP contribution in [0, 0.1) is 20.8 Å². The summed E-state index contributed by atoms with van der Waals surface area (Å²) < 4.78 is 2.49. The van der Waals surface area contributed by atoms with Crippen LogP contribution in [0.3, 0.4) is 0 Å². The maximum absolute atomic E-state index is 6.26. The van der Waals surface area contributed by atoms with Gasteiger partial charge in [-0.2, -0.15) is 0 Å². The van der Waals surface area contributed by atoms with Gasteiger partial charge in [-0.3, -0.25) is 0 Å². The van der Waals surface area contributed by atoms with Gasteiger partial charge in [0.15, 0.2) is 10.3 Å². The number of aryl methyl sites for hydroxylation is 3. The van der Waals surface area contributed by atoms with Crippen molar-refractivity contribution in [3.05, 3.63) is 46.0 Å². The van der Waals surface area contributed by atoms with Gasteiger partial charge in [-0.1, -0.05) is 40.3 Å². The van der Waals surface area contributed by atoms with E-state index in [1.165, 1.54) is 20.5 Å². The zero-order valence-corrected chi connectivity index (χ0v) is 18.5. The molecule has 0 atom stereocenters.